The molecule has 1 fully saturated rings. The average molecular weight is 501 g/mol. The summed E-state index contributed by atoms with van der Waals surface area (Å²) in [5.41, 5.74) is 0.896. The number of benzene rings is 1. The number of ether oxygens (including phenoxy) is 2. The molecule has 0 amide bonds. The summed E-state index contributed by atoms with van der Waals surface area (Å²) >= 11 is 1.91. The molecule has 1 heterocycles. The topological polar surface area (TPSA) is 70.8 Å². The molecule has 0 saturated heterocycles. The van der Waals surface area contributed by atoms with Gasteiger partial charge in [-0.3, -0.25) is 4.68 Å². The zero-order valence-corrected chi connectivity index (χ0v) is 20.4. The Morgan fingerprint density at radius 1 is 1.24 bits per heavy atom. The van der Waals surface area contributed by atoms with E-state index < -0.39 is 6.36 Å². The molecule has 11 heteroatoms. The minimum absolute atomic E-state index is 0.0138. The first-order valence-electron chi connectivity index (χ1n) is 11.2. The summed E-state index contributed by atoms with van der Waals surface area (Å²) < 4.78 is 48.9. The third kappa shape index (κ3) is 7.28. The van der Waals surface area contributed by atoms with Crippen LogP contribution in [-0.2, 0) is 11.4 Å². The van der Waals surface area contributed by atoms with Gasteiger partial charge in [0.1, 0.15) is 31.3 Å². The number of aromatic nitrogens is 3. The van der Waals surface area contributed by atoms with Gasteiger partial charge in [-0.05, 0) is 55.0 Å². The second kappa shape index (κ2) is 11.8. The van der Waals surface area contributed by atoms with Crippen molar-refractivity contribution in [2.45, 2.75) is 46.0 Å². The van der Waals surface area contributed by atoms with Crippen molar-refractivity contribution in [3.8, 4) is 11.5 Å². The van der Waals surface area contributed by atoms with Gasteiger partial charge >= 0.3 is 6.36 Å². The third-order valence-electron chi connectivity index (χ3n) is 6.17. The van der Waals surface area contributed by atoms with Crippen molar-refractivity contribution < 1.29 is 27.5 Å². The first-order valence-corrected chi connectivity index (χ1v) is 12.4. The fourth-order valence-electron chi connectivity index (χ4n) is 4.38. The van der Waals surface area contributed by atoms with Crippen LogP contribution in [0.2, 0.25) is 0 Å². The Bertz CT molecular complexity index is 909. The van der Waals surface area contributed by atoms with Crippen molar-refractivity contribution >= 4 is 17.5 Å². The number of halogens is 3. The van der Waals surface area contributed by atoms with Gasteiger partial charge in [0, 0.05) is 17.3 Å². The molecule has 34 heavy (non-hydrogen) atoms. The summed E-state index contributed by atoms with van der Waals surface area (Å²) in [7, 11) is 1.56. The molecular weight excluding hydrogens is 469 g/mol. The maximum Gasteiger partial charge on any atom is 0.573 e. The molecule has 1 aromatic carbocycles. The second-order valence-electron chi connectivity index (χ2n) is 8.52. The van der Waals surface area contributed by atoms with Gasteiger partial charge in [0.15, 0.2) is 0 Å². The normalized spacial score (nSPS) is 24.2. The largest absolute Gasteiger partial charge is 0.573 e. The van der Waals surface area contributed by atoms with Crippen LogP contribution in [0.15, 0.2) is 42.1 Å². The molecule has 3 rings (SSSR count). The maximum absolute atomic E-state index is 12.4. The average Bonchev–Trinajstić information content (AvgIpc) is 3.29. The molecule has 0 spiro atoms. The fourth-order valence-corrected chi connectivity index (χ4v) is 5.26. The molecular formula is C23H31F3N4O3S. The molecule has 7 nitrogen and oxygen atoms in total. The lowest BCUT2D eigenvalue weighted by atomic mass is 9.63. The zero-order chi connectivity index (χ0) is 24.6. The zero-order valence-electron chi connectivity index (χ0n) is 19.6. The molecule has 0 N–H and O–H groups in total. The van der Waals surface area contributed by atoms with Crippen LogP contribution >= 0.6 is 11.8 Å². The van der Waals surface area contributed by atoms with E-state index in [0.717, 1.165) is 36.5 Å². The van der Waals surface area contributed by atoms with E-state index in [-0.39, 0.29) is 23.0 Å². The molecule has 1 aliphatic carbocycles. The van der Waals surface area contributed by atoms with Gasteiger partial charge in [0.25, 0.3) is 0 Å². The maximum atomic E-state index is 12.4. The molecule has 188 valence electrons. The van der Waals surface area contributed by atoms with Gasteiger partial charge in [0.05, 0.1) is 18.9 Å². The predicted octanol–water partition coefficient (Wildman–Crippen LogP) is 5.43. The molecule has 0 unspecified atom stereocenters. The Kier molecular flexibility index (Phi) is 9.10. The van der Waals surface area contributed by atoms with Gasteiger partial charge in [-0.1, -0.05) is 19.0 Å². The summed E-state index contributed by atoms with van der Waals surface area (Å²) in [4.78, 5) is 9.35. The van der Waals surface area contributed by atoms with Gasteiger partial charge in [-0.15, -0.1) is 13.2 Å². The number of hydrogen-bond donors (Lipinski definition) is 0. The summed E-state index contributed by atoms with van der Waals surface area (Å²) in [6.07, 6.45) is 1.32. The van der Waals surface area contributed by atoms with E-state index in [2.05, 4.69) is 33.8 Å². The van der Waals surface area contributed by atoms with E-state index >= 15 is 0 Å². The Balaban J connectivity index is 1.75. The highest BCUT2D eigenvalue weighted by Gasteiger charge is 2.44. The van der Waals surface area contributed by atoms with Crippen molar-refractivity contribution in [1.82, 2.24) is 14.8 Å². The van der Waals surface area contributed by atoms with Crippen LogP contribution in [0, 0.1) is 17.3 Å². The quantitative estimate of drug-likeness (QED) is 0.303. The summed E-state index contributed by atoms with van der Waals surface area (Å²) in [5.74, 6) is 2.44. The van der Waals surface area contributed by atoms with Gasteiger partial charge in [-0.2, -0.15) is 16.9 Å². The minimum atomic E-state index is -4.72. The van der Waals surface area contributed by atoms with Gasteiger partial charge in [-0.25, -0.2) is 4.98 Å². The van der Waals surface area contributed by atoms with E-state index in [1.54, 1.807) is 18.1 Å². The van der Waals surface area contributed by atoms with Crippen molar-refractivity contribution in [3.63, 3.8) is 0 Å². The number of thioether (sulfide) groups is 1. The smallest absolute Gasteiger partial charge is 0.493 e. The van der Waals surface area contributed by atoms with Crippen molar-refractivity contribution in [2.75, 3.05) is 25.2 Å². The lowest BCUT2D eigenvalue weighted by Gasteiger charge is -2.43. The Morgan fingerprint density at radius 3 is 2.59 bits per heavy atom. The molecule has 0 radical (unpaired) electrons. The SMILES string of the molecule is CCSCC[C@]1(C)CC[C@@H](COc2ccc(OC(F)(F)F)cc2)[C@H](Cn2cncn2)C1=NOC. The lowest BCUT2D eigenvalue weighted by molar-refractivity contribution is -0.274. The van der Waals surface area contributed by atoms with Crippen LogP contribution in [0.1, 0.15) is 33.1 Å². The van der Waals surface area contributed by atoms with Crippen LogP contribution in [0.5, 0.6) is 11.5 Å². The van der Waals surface area contributed by atoms with E-state index in [1.807, 2.05) is 11.8 Å². The van der Waals surface area contributed by atoms with Crippen molar-refractivity contribution in [1.29, 1.82) is 0 Å². The predicted molar refractivity (Wildman–Crippen MR) is 125 cm³/mol. The van der Waals surface area contributed by atoms with Crippen LogP contribution in [0.3, 0.4) is 0 Å². The number of alkyl halides is 3. The van der Waals surface area contributed by atoms with Crippen LogP contribution in [-0.4, -0.2) is 52.1 Å². The van der Waals surface area contributed by atoms with Crippen LogP contribution in [0.4, 0.5) is 13.2 Å². The van der Waals surface area contributed by atoms with Gasteiger partial charge in [0.2, 0.25) is 0 Å². The lowest BCUT2D eigenvalue weighted by Crippen LogP contribution is -2.46. The number of hydrogen-bond acceptors (Lipinski definition) is 7. The van der Waals surface area contributed by atoms with Crippen LogP contribution in [0.25, 0.3) is 0 Å². The fraction of sp³-hybridized carbons (Fsp3) is 0.609. The molecule has 0 bridgehead atoms. The molecule has 1 aromatic heterocycles. The minimum Gasteiger partial charge on any atom is -0.493 e. The Hall–Kier alpha value is -2.43. The summed E-state index contributed by atoms with van der Waals surface area (Å²) in [5, 5.41) is 8.77. The molecule has 1 aliphatic rings. The number of rotatable bonds is 11. The number of nitrogens with zero attached hydrogens (tertiary/aromatic N) is 4. The molecule has 0 aliphatic heterocycles. The van der Waals surface area contributed by atoms with Crippen molar-refractivity contribution in [3.05, 3.63) is 36.9 Å². The molecule has 1 saturated carbocycles. The highest BCUT2D eigenvalue weighted by molar-refractivity contribution is 7.99. The Morgan fingerprint density at radius 2 is 1.97 bits per heavy atom. The third-order valence-corrected chi connectivity index (χ3v) is 7.07. The van der Waals surface area contributed by atoms with Gasteiger partial charge < -0.3 is 14.3 Å². The molecule has 3 atom stereocenters. The highest BCUT2D eigenvalue weighted by atomic mass is 32.2. The molecule has 2 aromatic rings. The highest BCUT2D eigenvalue weighted by Crippen LogP contribution is 2.44. The standard InChI is InChI=1S/C23H31F3N4O3S/c1-4-34-12-11-22(2)10-9-17(20(21(22)29-31-3)13-30-16-27-15-28-30)14-32-18-5-7-19(8-6-18)33-23(24,25)26/h5-8,15-17,20H,4,9-14H2,1-3H3/t17-,20-,22-/m0/s1. The van der Waals surface area contributed by atoms with E-state index in [9.17, 15) is 13.2 Å². The van der Waals surface area contributed by atoms with E-state index in [1.165, 1.54) is 30.6 Å². The summed E-state index contributed by atoms with van der Waals surface area (Å²) in [6.45, 7) is 5.37. The van der Waals surface area contributed by atoms with E-state index in [0.29, 0.717) is 18.9 Å². The first-order chi connectivity index (χ1) is 16.2. The van der Waals surface area contributed by atoms with Crippen LogP contribution < -0.4 is 9.47 Å². The number of oxime groups is 1. The van der Waals surface area contributed by atoms with E-state index in [4.69, 9.17) is 9.57 Å². The summed E-state index contributed by atoms with van der Waals surface area (Å²) in [6, 6.07) is 5.45. The first kappa shape index (κ1) is 26.2. The monoisotopic (exact) mass is 500 g/mol. The van der Waals surface area contributed by atoms with Crippen molar-refractivity contribution in [2.24, 2.45) is 22.4 Å². The second-order valence-corrected chi connectivity index (χ2v) is 9.91. The Labute approximate surface area is 202 Å².